The maximum Gasteiger partial charge on any atom is 0.320 e. The van der Waals surface area contributed by atoms with Crippen LogP contribution in [0.25, 0.3) is 0 Å². The zero-order chi connectivity index (χ0) is 10.6. The van der Waals surface area contributed by atoms with Crippen LogP contribution in [0, 0.1) is 0 Å². The first-order chi connectivity index (χ1) is 6.63. The van der Waals surface area contributed by atoms with Crippen molar-refractivity contribution in [1.29, 1.82) is 0 Å². The Bertz CT molecular complexity index is 323. The first-order valence-electron chi connectivity index (χ1n) is 4.69. The molecule has 3 N–H and O–H groups in total. The van der Waals surface area contributed by atoms with Gasteiger partial charge in [-0.15, -0.1) is 0 Å². The van der Waals surface area contributed by atoms with Crippen LogP contribution >= 0.6 is 0 Å². The summed E-state index contributed by atoms with van der Waals surface area (Å²) in [7, 11) is 0. The molecule has 0 radical (unpaired) electrons. The number of carboxylic acids is 1. The van der Waals surface area contributed by atoms with Crippen LogP contribution in [0.1, 0.15) is 18.1 Å². The molecule has 0 unspecified atom stereocenters. The van der Waals surface area contributed by atoms with Crippen molar-refractivity contribution in [2.24, 2.45) is 5.73 Å². The molecule has 0 heterocycles. The molecule has 0 saturated carbocycles. The maximum atomic E-state index is 10.5. The number of carbonyl (C=O) groups is 1. The number of aryl methyl sites for hydroxylation is 1. The first-order valence-corrected chi connectivity index (χ1v) is 4.69. The smallest absolute Gasteiger partial charge is 0.320 e. The Kier molecular flexibility index (Phi) is 3.65. The minimum atomic E-state index is -0.952. The van der Waals surface area contributed by atoms with Gasteiger partial charge in [-0.3, -0.25) is 4.79 Å². The molecule has 0 aromatic heterocycles. The van der Waals surface area contributed by atoms with Gasteiger partial charge in [-0.25, -0.2) is 0 Å². The summed E-state index contributed by atoms with van der Waals surface area (Å²) in [5.41, 5.74) is 7.63. The lowest BCUT2D eigenvalue weighted by molar-refractivity contribution is -0.138. The number of benzene rings is 1. The maximum absolute atomic E-state index is 10.5. The van der Waals surface area contributed by atoms with Crippen LogP contribution < -0.4 is 5.73 Å². The third-order valence-electron chi connectivity index (χ3n) is 2.17. The van der Waals surface area contributed by atoms with Crippen molar-refractivity contribution < 1.29 is 9.90 Å². The predicted molar refractivity (Wildman–Crippen MR) is 55.1 cm³/mol. The van der Waals surface area contributed by atoms with Crippen molar-refractivity contribution in [3.05, 3.63) is 35.4 Å². The molecule has 1 aromatic rings. The molecular formula is C11H15NO2. The number of carboxylic acid groups (broad SMARTS) is 1. The van der Waals surface area contributed by atoms with Crippen molar-refractivity contribution in [1.82, 2.24) is 0 Å². The monoisotopic (exact) mass is 193 g/mol. The molecule has 1 rings (SSSR count). The zero-order valence-electron chi connectivity index (χ0n) is 8.23. The molecular weight excluding hydrogens is 178 g/mol. The largest absolute Gasteiger partial charge is 0.480 e. The van der Waals surface area contributed by atoms with Gasteiger partial charge in [-0.1, -0.05) is 31.2 Å². The SMILES string of the molecule is CCc1cccc(C[C@H](N)C(=O)O)c1. The van der Waals surface area contributed by atoms with Crippen molar-refractivity contribution in [3.63, 3.8) is 0 Å². The molecule has 1 aromatic carbocycles. The molecule has 0 aliphatic carbocycles. The normalized spacial score (nSPS) is 12.4. The Morgan fingerprint density at radius 1 is 1.50 bits per heavy atom. The minimum Gasteiger partial charge on any atom is -0.480 e. The Morgan fingerprint density at radius 2 is 2.14 bits per heavy atom. The molecule has 0 spiro atoms. The van der Waals surface area contributed by atoms with E-state index >= 15 is 0 Å². The second-order valence-corrected chi connectivity index (χ2v) is 3.32. The van der Waals surface area contributed by atoms with Crippen LogP contribution in [0.3, 0.4) is 0 Å². The number of hydrogen-bond acceptors (Lipinski definition) is 2. The molecule has 76 valence electrons. The fourth-order valence-corrected chi connectivity index (χ4v) is 1.32. The Balaban J connectivity index is 2.71. The first kappa shape index (κ1) is 10.7. The fraction of sp³-hybridized carbons (Fsp3) is 0.364. The minimum absolute atomic E-state index is 0.392. The molecule has 3 nitrogen and oxygen atoms in total. The van der Waals surface area contributed by atoms with Gasteiger partial charge in [-0.05, 0) is 24.0 Å². The van der Waals surface area contributed by atoms with E-state index in [1.165, 1.54) is 5.56 Å². The summed E-state index contributed by atoms with van der Waals surface area (Å²) >= 11 is 0. The Labute approximate surface area is 83.6 Å². The third kappa shape index (κ3) is 2.85. The predicted octanol–water partition coefficient (Wildman–Crippen LogP) is 1.20. The summed E-state index contributed by atoms with van der Waals surface area (Å²) < 4.78 is 0. The second-order valence-electron chi connectivity index (χ2n) is 3.32. The Morgan fingerprint density at radius 3 is 2.71 bits per heavy atom. The zero-order valence-corrected chi connectivity index (χ0v) is 8.23. The van der Waals surface area contributed by atoms with E-state index in [9.17, 15) is 4.79 Å². The van der Waals surface area contributed by atoms with Crippen LogP contribution in [-0.2, 0) is 17.6 Å². The molecule has 0 bridgehead atoms. The van der Waals surface area contributed by atoms with E-state index in [2.05, 4.69) is 6.92 Å². The van der Waals surface area contributed by atoms with E-state index in [-0.39, 0.29) is 0 Å². The highest BCUT2D eigenvalue weighted by Gasteiger charge is 2.11. The van der Waals surface area contributed by atoms with E-state index < -0.39 is 12.0 Å². The molecule has 3 heteroatoms. The number of hydrogen-bond donors (Lipinski definition) is 2. The van der Waals surface area contributed by atoms with Gasteiger partial charge in [0.1, 0.15) is 6.04 Å². The van der Waals surface area contributed by atoms with Gasteiger partial charge >= 0.3 is 5.97 Å². The average molecular weight is 193 g/mol. The second kappa shape index (κ2) is 4.77. The molecule has 0 amide bonds. The van der Waals surface area contributed by atoms with E-state index in [4.69, 9.17) is 10.8 Å². The molecule has 0 aliphatic rings. The lowest BCUT2D eigenvalue weighted by atomic mass is 10.0. The van der Waals surface area contributed by atoms with Crippen molar-refractivity contribution in [2.45, 2.75) is 25.8 Å². The summed E-state index contributed by atoms with van der Waals surface area (Å²) in [4.78, 5) is 10.5. The van der Waals surface area contributed by atoms with Crippen LogP contribution in [0.2, 0.25) is 0 Å². The van der Waals surface area contributed by atoms with Gasteiger partial charge in [-0.2, -0.15) is 0 Å². The molecule has 0 aliphatic heterocycles. The van der Waals surface area contributed by atoms with Crippen molar-refractivity contribution in [3.8, 4) is 0 Å². The van der Waals surface area contributed by atoms with Gasteiger partial charge in [0.25, 0.3) is 0 Å². The van der Waals surface area contributed by atoms with Gasteiger partial charge in [0.05, 0.1) is 0 Å². The Hall–Kier alpha value is -1.35. The summed E-state index contributed by atoms with van der Waals surface area (Å²) in [6, 6.07) is 7.06. The van der Waals surface area contributed by atoms with Gasteiger partial charge in [0.15, 0.2) is 0 Å². The fourth-order valence-electron chi connectivity index (χ4n) is 1.32. The average Bonchev–Trinajstić information content (AvgIpc) is 2.18. The topological polar surface area (TPSA) is 63.3 Å². The summed E-state index contributed by atoms with van der Waals surface area (Å²) in [6.45, 7) is 2.07. The number of rotatable bonds is 4. The van der Waals surface area contributed by atoms with Crippen LogP contribution in [0.5, 0.6) is 0 Å². The van der Waals surface area contributed by atoms with Crippen molar-refractivity contribution >= 4 is 5.97 Å². The van der Waals surface area contributed by atoms with Gasteiger partial charge in [0, 0.05) is 0 Å². The van der Waals surface area contributed by atoms with E-state index in [1.807, 2.05) is 24.3 Å². The highest BCUT2D eigenvalue weighted by molar-refractivity contribution is 5.73. The highest BCUT2D eigenvalue weighted by atomic mass is 16.4. The standard InChI is InChI=1S/C11H15NO2/c1-2-8-4-3-5-9(6-8)7-10(12)11(13)14/h3-6,10H,2,7,12H2,1H3,(H,13,14)/t10-/m0/s1. The highest BCUT2D eigenvalue weighted by Crippen LogP contribution is 2.07. The van der Waals surface area contributed by atoms with E-state index in [1.54, 1.807) is 0 Å². The van der Waals surface area contributed by atoms with Gasteiger partial charge in [0.2, 0.25) is 0 Å². The molecule has 1 atom stereocenters. The molecule has 0 saturated heterocycles. The molecule has 0 fully saturated rings. The number of aliphatic carboxylic acids is 1. The van der Waals surface area contributed by atoms with E-state index in [0.29, 0.717) is 6.42 Å². The summed E-state index contributed by atoms with van der Waals surface area (Å²) in [6.07, 6.45) is 1.35. The van der Waals surface area contributed by atoms with Crippen LogP contribution in [0.15, 0.2) is 24.3 Å². The van der Waals surface area contributed by atoms with Gasteiger partial charge < -0.3 is 10.8 Å². The summed E-state index contributed by atoms with van der Waals surface area (Å²) in [5, 5.41) is 8.64. The molecule has 14 heavy (non-hydrogen) atoms. The third-order valence-corrected chi connectivity index (χ3v) is 2.17. The van der Waals surface area contributed by atoms with Crippen LogP contribution in [0.4, 0.5) is 0 Å². The quantitative estimate of drug-likeness (QED) is 0.755. The van der Waals surface area contributed by atoms with Crippen LogP contribution in [-0.4, -0.2) is 17.1 Å². The summed E-state index contributed by atoms with van der Waals surface area (Å²) in [5.74, 6) is -0.952. The lowest BCUT2D eigenvalue weighted by Crippen LogP contribution is -2.32. The van der Waals surface area contributed by atoms with Crippen molar-refractivity contribution in [2.75, 3.05) is 0 Å². The number of nitrogens with two attached hydrogens (primary N) is 1. The lowest BCUT2D eigenvalue weighted by Gasteiger charge is -2.07. The van der Waals surface area contributed by atoms with E-state index in [0.717, 1.165) is 12.0 Å².